The number of benzene rings is 2. The monoisotopic (exact) mass is 662 g/mol. The number of aryl methyl sites for hydroxylation is 2. The van der Waals surface area contributed by atoms with E-state index in [1.807, 2.05) is 29.9 Å². The number of nitrogens with one attached hydrogen (secondary N) is 1. The van der Waals surface area contributed by atoms with Crippen molar-refractivity contribution in [1.29, 1.82) is 0 Å². The van der Waals surface area contributed by atoms with Gasteiger partial charge < -0.3 is 24.1 Å². The number of aromatic hydroxyl groups is 1. The van der Waals surface area contributed by atoms with Crippen LogP contribution in [0.3, 0.4) is 0 Å². The van der Waals surface area contributed by atoms with Crippen molar-refractivity contribution in [2.75, 3.05) is 25.0 Å². The number of fused-ring (bicyclic) bond motifs is 4. The molecule has 0 bridgehead atoms. The predicted molar refractivity (Wildman–Crippen MR) is 182 cm³/mol. The number of aromatic nitrogens is 4. The minimum atomic E-state index is -0.932. The van der Waals surface area contributed by atoms with Gasteiger partial charge in [0.25, 0.3) is 0 Å². The van der Waals surface area contributed by atoms with Crippen LogP contribution in [0.25, 0.3) is 44.0 Å². The molecule has 2 saturated heterocycles. The first-order chi connectivity index (χ1) is 23.7. The lowest BCUT2D eigenvalue weighted by molar-refractivity contribution is 0.107. The third kappa shape index (κ3) is 5.04. The number of nitrogens with zero attached hydrogens (tertiary/aromatic N) is 5. The van der Waals surface area contributed by atoms with Crippen molar-refractivity contribution >= 4 is 38.5 Å². The van der Waals surface area contributed by atoms with Crippen molar-refractivity contribution in [3.8, 4) is 35.4 Å². The highest BCUT2D eigenvalue weighted by Gasteiger charge is 2.49. The first-order valence-corrected chi connectivity index (χ1v) is 16.1. The fourth-order valence-corrected chi connectivity index (χ4v) is 7.69. The molecule has 2 fully saturated rings. The molecule has 2 atom stereocenters. The van der Waals surface area contributed by atoms with E-state index in [4.69, 9.17) is 20.6 Å². The van der Waals surface area contributed by atoms with Gasteiger partial charge in [-0.25, -0.2) is 18.6 Å². The van der Waals surface area contributed by atoms with Gasteiger partial charge in [-0.3, -0.25) is 4.90 Å². The topological polar surface area (TPSA) is 119 Å². The standard InChI is InChI=1S/C37H32F2N6O4/c1-4-25-28(39)9-8-21-13-24(46)14-27(29(21)25)32-20(2)31-30(35(47)49-32)33(41-16-22-17-44(3)34-26(22)7-5-11-40-34)43-36(42-31)48-19-37-10-6-12-45(37)18-23(38)15-37/h1,5,7-9,11,13-14,17,23,46H,6,10,12,15-16,18-19H2,2-3H3,(H,41,42,43)/t23-,37+/m1/s1. The van der Waals surface area contributed by atoms with Gasteiger partial charge in [0.05, 0.1) is 16.6 Å². The number of terminal acetylenes is 1. The third-order valence-corrected chi connectivity index (χ3v) is 9.92. The summed E-state index contributed by atoms with van der Waals surface area (Å²) >= 11 is 0. The summed E-state index contributed by atoms with van der Waals surface area (Å²) in [5.74, 6) is 1.90. The molecule has 6 heterocycles. The Bertz CT molecular complexity index is 2420. The van der Waals surface area contributed by atoms with E-state index in [-0.39, 0.29) is 58.5 Å². The van der Waals surface area contributed by atoms with E-state index in [2.05, 4.69) is 26.1 Å². The zero-order valence-electron chi connectivity index (χ0n) is 26.9. The van der Waals surface area contributed by atoms with Crippen molar-refractivity contribution in [2.45, 2.75) is 44.4 Å². The Balaban J connectivity index is 1.28. The molecule has 0 aliphatic carbocycles. The molecule has 2 aliphatic rings. The molecule has 2 N–H and O–H groups in total. The molecular weight excluding hydrogens is 630 g/mol. The van der Waals surface area contributed by atoms with E-state index in [1.165, 1.54) is 24.3 Å². The van der Waals surface area contributed by atoms with Gasteiger partial charge >= 0.3 is 11.6 Å². The fraction of sp³-hybridized carbons (Fsp3) is 0.297. The van der Waals surface area contributed by atoms with Crippen molar-refractivity contribution < 1.29 is 23.0 Å². The summed E-state index contributed by atoms with van der Waals surface area (Å²) in [7, 11) is 1.91. The summed E-state index contributed by atoms with van der Waals surface area (Å²) in [5, 5.41) is 15.7. The first kappa shape index (κ1) is 30.8. The molecule has 0 amide bonds. The number of anilines is 1. The highest BCUT2D eigenvalue weighted by Crippen LogP contribution is 2.41. The SMILES string of the molecule is C#Cc1c(F)ccc2cc(O)cc(-c3oc(=O)c4c(NCc5cn(C)c6ncccc56)nc(OC[C@@]56CCCN5C[C@H](F)C6)nc4c3C)c12. The summed E-state index contributed by atoms with van der Waals surface area (Å²) in [6.45, 7) is 3.36. The third-order valence-electron chi connectivity index (χ3n) is 9.92. The first-order valence-electron chi connectivity index (χ1n) is 16.1. The number of ether oxygens (including phenoxy) is 1. The van der Waals surface area contributed by atoms with Crippen LogP contribution in [0, 0.1) is 25.1 Å². The van der Waals surface area contributed by atoms with Crippen molar-refractivity contribution in [3.63, 3.8) is 0 Å². The number of halogens is 2. The summed E-state index contributed by atoms with van der Waals surface area (Å²) < 4.78 is 43.6. The molecule has 2 aromatic carbocycles. The second kappa shape index (κ2) is 11.6. The van der Waals surface area contributed by atoms with Crippen LogP contribution >= 0.6 is 0 Å². The van der Waals surface area contributed by atoms with E-state index < -0.39 is 23.2 Å². The Morgan fingerprint density at radius 2 is 2.10 bits per heavy atom. The Morgan fingerprint density at radius 1 is 1.24 bits per heavy atom. The quantitative estimate of drug-likeness (QED) is 0.199. The highest BCUT2D eigenvalue weighted by molar-refractivity contribution is 6.03. The van der Waals surface area contributed by atoms with Crippen molar-refractivity contribution in [1.82, 2.24) is 24.4 Å². The molecule has 6 aromatic rings. The van der Waals surface area contributed by atoms with Gasteiger partial charge in [0.1, 0.15) is 47.0 Å². The molecule has 0 unspecified atom stereocenters. The Morgan fingerprint density at radius 3 is 2.94 bits per heavy atom. The molecule has 8 rings (SSSR count). The lowest BCUT2D eigenvalue weighted by Crippen LogP contribution is -2.43. The lowest BCUT2D eigenvalue weighted by atomic mass is 9.95. The normalized spacial score (nSPS) is 19.1. The number of hydrogen-bond donors (Lipinski definition) is 2. The molecule has 0 spiro atoms. The maximum Gasteiger partial charge on any atom is 0.349 e. The predicted octanol–water partition coefficient (Wildman–Crippen LogP) is 5.99. The number of rotatable bonds is 7. The average Bonchev–Trinajstić information content (AvgIpc) is 3.73. The van der Waals surface area contributed by atoms with E-state index in [0.29, 0.717) is 29.3 Å². The maximum atomic E-state index is 14.9. The van der Waals surface area contributed by atoms with Gasteiger partial charge in [0, 0.05) is 60.9 Å². The number of alkyl halides is 1. The minimum absolute atomic E-state index is 0.00824. The van der Waals surface area contributed by atoms with Crippen LogP contribution in [0.1, 0.15) is 36.0 Å². The van der Waals surface area contributed by atoms with Crippen LogP contribution in [0.15, 0.2) is 58.0 Å². The van der Waals surface area contributed by atoms with Crippen molar-refractivity contribution in [2.24, 2.45) is 7.05 Å². The summed E-state index contributed by atoms with van der Waals surface area (Å²) in [4.78, 5) is 29.9. The summed E-state index contributed by atoms with van der Waals surface area (Å²) in [6, 6.07) is 9.40. The molecule has 10 nitrogen and oxygen atoms in total. The number of hydrogen-bond acceptors (Lipinski definition) is 9. The Hall–Kier alpha value is -5.54. The summed E-state index contributed by atoms with van der Waals surface area (Å²) in [5.41, 5.74) is 1.39. The highest BCUT2D eigenvalue weighted by atomic mass is 19.1. The maximum absolute atomic E-state index is 14.9. The summed E-state index contributed by atoms with van der Waals surface area (Å²) in [6.07, 6.45) is 10.6. The second-order valence-electron chi connectivity index (χ2n) is 12.9. The molecule has 4 aromatic heterocycles. The van der Waals surface area contributed by atoms with Crippen LogP contribution in [0.2, 0.25) is 0 Å². The smallest absolute Gasteiger partial charge is 0.349 e. The van der Waals surface area contributed by atoms with Gasteiger partial charge in [0.15, 0.2) is 0 Å². The van der Waals surface area contributed by atoms with Gasteiger partial charge in [-0.05, 0) is 67.6 Å². The number of phenolic OH excluding ortho intramolecular Hbond substituents is 1. The van der Waals surface area contributed by atoms with Gasteiger partial charge in [0.2, 0.25) is 0 Å². The Kier molecular flexibility index (Phi) is 7.26. The van der Waals surface area contributed by atoms with E-state index in [0.717, 1.165) is 36.0 Å². The van der Waals surface area contributed by atoms with E-state index >= 15 is 0 Å². The van der Waals surface area contributed by atoms with Crippen LogP contribution in [-0.2, 0) is 13.6 Å². The van der Waals surface area contributed by atoms with E-state index in [9.17, 15) is 18.7 Å². The van der Waals surface area contributed by atoms with Gasteiger partial charge in [-0.1, -0.05) is 12.0 Å². The lowest BCUT2D eigenvalue weighted by Gasteiger charge is -2.30. The van der Waals surface area contributed by atoms with Gasteiger partial charge in [-0.2, -0.15) is 9.97 Å². The van der Waals surface area contributed by atoms with Crippen LogP contribution in [0.4, 0.5) is 14.6 Å². The average molecular weight is 663 g/mol. The van der Waals surface area contributed by atoms with Gasteiger partial charge in [-0.15, -0.1) is 6.42 Å². The van der Waals surface area contributed by atoms with Crippen molar-refractivity contribution in [3.05, 3.63) is 81.7 Å². The molecule has 0 saturated carbocycles. The largest absolute Gasteiger partial charge is 0.508 e. The Labute approximate surface area is 279 Å². The number of pyridine rings is 1. The fourth-order valence-electron chi connectivity index (χ4n) is 7.69. The van der Waals surface area contributed by atoms with E-state index in [1.54, 1.807) is 13.1 Å². The zero-order valence-corrected chi connectivity index (χ0v) is 26.9. The molecule has 49 heavy (non-hydrogen) atoms. The van der Waals surface area contributed by atoms with Crippen LogP contribution in [-0.4, -0.2) is 60.9 Å². The molecule has 2 aliphatic heterocycles. The molecule has 0 radical (unpaired) electrons. The second-order valence-corrected chi connectivity index (χ2v) is 12.9. The number of phenols is 1. The molecule has 248 valence electrons. The zero-order chi connectivity index (χ0) is 34.0. The molecular formula is C37H32F2N6O4. The minimum Gasteiger partial charge on any atom is -0.508 e. The van der Waals surface area contributed by atoms with Crippen LogP contribution < -0.4 is 15.7 Å². The van der Waals surface area contributed by atoms with Crippen LogP contribution in [0.5, 0.6) is 11.8 Å². The molecule has 12 heteroatoms.